The van der Waals surface area contributed by atoms with Crippen LogP contribution >= 0.6 is 0 Å². The molecule has 5 heteroatoms. The molecule has 1 N–H and O–H groups in total. The molecule has 2 heterocycles. The van der Waals surface area contributed by atoms with Crippen LogP contribution in [0.3, 0.4) is 0 Å². The van der Waals surface area contributed by atoms with E-state index >= 15 is 0 Å². The van der Waals surface area contributed by atoms with Crippen LogP contribution < -0.4 is 5.43 Å². The molecule has 0 fully saturated rings. The van der Waals surface area contributed by atoms with Gasteiger partial charge in [0, 0.05) is 24.2 Å². The summed E-state index contributed by atoms with van der Waals surface area (Å²) in [5, 5.41) is 4.92. The predicted molar refractivity (Wildman–Crippen MR) is 117 cm³/mol. The summed E-state index contributed by atoms with van der Waals surface area (Å²) in [4.78, 5) is 17.7. The number of carbonyl (C=O) groups is 1. The molecule has 0 aliphatic heterocycles. The van der Waals surface area contributed by atoms with Gasteiger partial charge in [-0.25, -0.2) is 10.4 Å². The van der Waals surface area contributed by atoms with E-state index in [2.05, 4.69) is 36.5 Å². The van der Waals surface area contributed by atoms with Crippen molar-refractivity contribution in [3.8, 4) is 11.3 Å². The van der Waals surface area contributed by atoms with Gasteiger partial charge in [-0.05, 0) is 55.3 Å². The third-order valence-corrected chi connectivity index (χ3v) is 5.11. The maximum Gasteiger partial charge on any atom is 0.272 e. The number of nitrogens with one attached hydrogen (secondary N) is 1. The number of hydrazone groups is 1. The van der Waals surface area contributed by atoms with Crippen molar-refractivity contribution in [2.75, 3.05) is 0 Å². The number of pyridine rings is 1. The molecule has 4 rings (SSSR count). The van der Waals surface area contributed by atoms with Crippen LogP contribution in [0, 0.1) is 13.8 Å². The van der Waals surface area contributed by atoms with Crippen molar-refractivity contribution >= 4 is 23.0 Å². The minimum atomic E-state index is -0.265. The van der Waals surface area contributed by atoms with Gasteiger partial charge in [0.05, 0.1) is 28.7 Å². The zero-order valence-corrected chi connectivity index (χ0v) is 16.7. The van der Waals surface area contributed by atoms with Crippen LogP contribution in [0.5, 0.6) is 0 Å². The van der Waals surface area contributed by atoms with Crippen molar-refractivity contribution in [3.63, 3.8) is 0 Å². The molecule has 0 atom stereocenters. The van der Waals surface area contributed by atoms with E-state index in [0.717, 1.165) is 27.9 Å². The fraction of sp³-hybridized carbons (Fsp3) is 0.125. The van der Waals surface area contributed by atoms with Gasteiger partial charge in [-0.1, -0.05) is 30.3 Å². The van der Waals surface area contributed by atoms with Crippen molar-refractivity contribution in [2.24, 2.45) is 12.1 Å². The summed E-state index contributed by atoms with van der Waals surface area (Å²) in [5.41, 5.74) is 9.04. The summed E-state index contributed by atoms with van der Waals surface area (Å²) in [6.07, 6.45) is 3.56. The lowest BCUT2D eigenvalue weighted by Gasteiger charge is -2.10. The minimum Gasteiger partial charge on any atom is -0.350 e. The Kier molecular flexibility index (Phi) is 4.96. The van der Waals surface area contributed by atoms with Crippen LogP contribution in [0.15, 0.2) is 72.0 Å². The number of hydrogen-bond donors (Lipinski definition) is 1. The van der Waals surface area contributed by atoms with Gasteiger partial charge in [-0.2, -0.15) is 5.10 Å². The van der Waals surface area contributed by atoms with Gasteiger partial charge in [0.2, 0.25) is 0 Å². The normalized spacial score (nSPS) is 11.3. The fourth-order valence-corrected chi connectivity index (χ4v) is 3.24. The number of rotatable bonds is 4. The van der Waals surface area contributed by atoms with Crippen molar-refractivity contribution < 1.29 is 4.79 Å². The topological polar surface area (TPSA) is 59.3 Å². The molecule has 29 heavy (non-hydrogen) atoms. The quantitative estimate of drug-likeness (QED) is 0.413. The lowest BCUT2D eigenvalue weighted by molar-refractivity contribution is 0.0956. The molecule has 0 radical (unpaired) electrons. The molecule has 2 aromatic carbocycles. The molecule has 0 unspecified atom stereocenters. The third kappa shape index (κ3) is 3.80. The molecule has 2 aromatic heterocycles. The molecule has 4 aromatic rings. The lowest BCUT2D eigenvalue weighted by atomic mass is 10.0. The van der Waals surface area contributed by atoms with Gasteiger partial charge in [0.25, 0.3) is 5.91 Å². The van der Waals surface area contributed by atoms with Gasteiger partial charge in [-0.3, -0.25) is 4.79 Å². The van der Waals surface area contributed by atoms with E-state index in [1.165, 1.54) is 11.1 Å². The highest BCUT2D eigenvalue weighted by atomic mass is 16.2. The first-order valence-corrected chi connectivity index (χ1v) is 9.45. The first kappa shape index (κ1) is 18.6. The summed E-state index contributed by atoms with van der Waals surface area (Å²) in [6.45, 7) is 4.16. The second-order valence-corrected chi connectivity index (χ2v) is 7.11. The molecule has 0 bridgehead atoms. The molecule has 144 valence electrons. The van der Waals surface area contributed by atoms with Crippen LogP contribution in [0.4, 0.5) is 0 Å². The number of aryl methyl sites for hydroxylation is 3. The minimum absolute atomic E-state index is 0.265. The lowest BCUT2D eigenvalue weighted by Crippen LogP contribution is -2.18. The predicted octanol–water partition coefficient (Wildman–Crippen LogP) is 4.62. The van der Waals surface area contributed by atoms with Crippen LogP contribution in [0.2, 0.25) is 0 Å². The van der Waals surface area contributed by atoms with E-state index in [4.69, 9.17) is 4.98 Å². The Labute approximate surface area is 169 Å². The molecule has 0 spiro atoms. The average Bonchev–Trinajstić information content (AvgIpc) is 3.14. The van der Waals surface area contributed by atoms with Crippen molar-refractivity contribution in [2.45, 2.75) is 13.8 Å². The largest absolute Gasteiger partial charge is 0.350 e. The molecule has 5 nitrogen and oxygen atoms in total. The standard InChI is InChI=1S/C24H22N4O/c1-16-10-11-18(13-17(16)2)23-14-21(20-8-4-5-9-22(20)26-23)24(29)27-25-15-19-7-6-12-28(19)3/h4-15H,1-3H3,(H,27,29)/b25-15+. The molecule has 0 aliphatic rings. The molecule has 0 saturated heterocycles. The number of amides is 1. The molecular weight excluding hydrogens is 360 g/mol. The zero-order valence-electron chi connectivity index (χ0n) is 16.7. The average molecular weight is 382 g/mol. The van der Waals surface area contributed by atoms with Crippen LogP contribution in [-0.2, 0) is 7.05 Å². The Morgan fingerprint density at radius 3 is 2.62 bits per heavy atom. The smallest absolute Gasteiger partial charge is 0.272 e. The number of hydrogen-bond acceptors (Lipinski definition) is 3. The van der Waals surface area contributed by atoms with E-state index in [-0.39, 0.29) is 5.91 Å². The number of carbonyl (C=O) groups excluding carboxylic acids is 1. The van der Waals surface area contributed by atoms with E-state index in [1.54, 1.807) is 6.21 Å². The highest BCUT2D eigenvalue weighted by molar-refractivity contribution is 6.07. The fourth-order valence-electron chi connectivity index (χ4n) is 3.24. The van der Waals surface area contributed by atoms with Crippen molar-refractivity contribution in [3.05, 3.63) is 89.2 Å². The van der Waals surface area contributed by atoms with Gasteiger partial charge in [-0.15, -0.1) is 0 Å². The van der Waals surface area contributed by atoms with E-state index in [9.17, 15) is 4.79 Å². The van der Waals surface area contributed by atoms with E-state index < -0.39 is 0 Å². The Morgan fingerprint density at radius 2 is 1.86 bits per heavy atom. The maximum atomic E-state index is 12.9. The van der Waals surface area contributed by atoms with Gasteiger partial charge in [0.15, 0.2) is 0 Å². The Bertz CT molecular complexity index is 1240. The number of aromatic nitrogens is 2. The van der Waals surface area contributed by atoms with Gasteiger partial charge >= 0.3 is 0 Å². The zero-order chi connectivity index (χ0) is 20.4. The Hall–Kier alpha value is -3.73. The van der Waals surface area contributed by atoms with E-state index in [0.29, 0.717) is 5.56 Å². The Morgan fingerprint density at radius 1 is 1.03 bits per heavy atom. The number of para-hydroxylation sites is 1. The third-order valence-electron chi connectivity index (χ3n) is 5.11. The highest BCUT2D eigenvalue weighted by Gasteiger charge is 2.14. The van der Waals surface area contributed by atoms with Crippen LogP contribution in [0.25, 0.3) is 22.2 Å². The first-order chi connectivity index (χ1) is 14.0. The SMILES string of the molecule is Cc1ccc(-c2cc(C(=O)N/N=C/c3cccn3C)c3ccccc3n2)cc1C. The summed E-state index contributed by atoms with van der Waals surface area (Å²) in [5.74, 6) is -0.265. The number of benzene rings is 2. The van der Waals surface area contributed by atoms with Crippen LogP contribution in [-0.4, -0.2) is 21.7 Å². The summed E-state index contributed by atoms with van der Waals surface area (Å²) < 4.78 is 1.93. The van der Waals surface area contributed by atoms with Crippen molar-refractivity contribution in [1.82, 2.24) is 15.0 Å². The summed E-state index contributed by atoms with van der Waals surface area (Å²) in [7, 11) is 1.93. The molecule has 0 aliphatic carbocycles. The van der Waals surface area contributed by atoms with Crippen molar-refractivity contribution in [1.29, 1.82) is 0 Å². The second-order valence-electron chi connectivity index (χ2n) is 7.11. The maximum absolute atomic E-state index is 12.9. The monoisotopic (exact) mass is 382 g/mol. The summed E-state index contributed by atoms with van der Waals surface area (Å²) >= 11 is 0. The highest BCUT2D eigenvalue weighted by Crippen LogP contribution is 2.26. The van der Waals surface area contributed by atoms with Crippen LogP contribution in [0.1, 0.15) is 27.2 Å². The number of fused-ring (bicyclic) bond motifs is 1. The second kappa shape index (κ2) is 7.72. The summed E-state index contributed by atoms with van der Waals surface area (Å²) in [6, 6.07) is 19.6. The van der Waals surface area contributed by atoms with Gasteiger partial charge in [0.1, 0.15) is 0 Å². The van der Waals surface area contributed by atoms with E-state index in [1.807, 2.05) is 66.3 Å². The number of nitrogens with zero attached hydrogens (tertiary/aromatic N) is 3. The molecular formula is C24H22N4O. The molecule has 1 amide bonds. The molecule has 0 saturated carbocycles. The first-order valence-electron chi connectivity index (χ1n) is 9.45. The van der Waals surface area contributed by atoms with Gasteiger partial charge < -0.3 is 4.57 Å². The Balaban J connectivity index is 1.72.